The van der Waals surface area contributed by atoms with Crippen LogP contribution in [0.4, 0.5) is 0 Å². The van der Waals surface area contributed by atoms with Crippen LogP contribution < -0.4 is 10.9 Å². The molecule has 1 aliphatic rings. The molecule has 1 amide bonds. The first-order valence-electron chi connectivity index (χ1n) is 9.02. The van der Waals surface area contributed by atoms with Gasteiger partial charge >= 0.3 is 0 Å². The van der Waals surface area contributed by atoms with Crippen LogP contribution in [0.15, 0.2) is 9.95 Å². The summed E-state index contributed by atoms with van der Waals surface area (Å²) in [5.41, 5.74) is 1.03. The molecule has 3 rings (SSSR count). The minimum Gasteiger partial charge on any atom is -0.376 e. The van der Waals surface area contributed by atoms with E-state index in [0.29, 0.717) is 17.1 Å². The molecule has 1 atom stereocenters. The number of nitrogens with zero attached hydrogens (tertiary/aromatic N) is 2. The van der Waals surface area contributed by atoms with Crippen molar-refractivity contribution in [1.82, 2.24) is 14.9 Å². The summed E-state index contributed by atoms with van der Waals surface area (Å²) in [5, 5.41) is 3.90. The molecule has 1 N–H and O–H groups in total. The van der Waals surface area contributed by atoms with Crippen molar-refractivity contribution in [2.75, 3.05) is 18.9 Å². The summed E-state index contributed by atoms with van der Waals surface area (Å²) in [7, 11) is 0. The minimum absolute atomic E-state index is 0.0152. The van der Waals surface area contributed by atoms with E-state index in [0.717, 1.165) is 41.1 Å². The van der Waals surface area contributed by atoms with Gasteiger partial charge in [0, 0.05) is 11.5 Å². The standard InChI is InChI=1S/C19H23N3O3S2/c1-4-8-20-15(23)11-26-19-21-17-16(14(5-2)12(3)27-17)18(24)22(19)10-13-7-6-9-25-13/h1,13H,5-11H2,2-3H3,(H,20,23)/t13-/m1/s1. The molecule has 8 heteroatoms. The Bertz CT molecular complexity index is 936. The normalized spacial score (nSPS) is 16.6. The molecule has 0 unspecified atom stereocenters. The summed E-state index contributed by atoms with van der Waals surface area (Å²) in [6.45, 7) is 5.46. The third-order valence-corrected chi connectivity index (χ3v) is 6.58. The average molecular weight is 406 g/mol. The summed E-state index contributed by atoms with van der Waals surface area (Å²) in [6.07, 6.45) is 7.91. The molecule has 27 heavy (non-hydrogen) atoms. The second-order valence-electron chi connectivity index (χ2n) is 6.39. The van der Waals surface area contributed by atoms with Gasteiger partial charge in [-0.1, -0.05) is 24.6 Å². The molecule has 0 bridgehead atoms. The lowest BCUT2D eigenvalue weighted by Crippen LogP contribution is -2.30. The van der Waals surface area contributed by atoms with Crippen LogP contribution in [-0.2, 0) is 22.5 Å². The number of carbonyl (C=O) groups is 1. The van der Waals surface area contributed by atoms with Gasteiger partial charge in [0.05, 0.1) is 30.3 Å². The zero-order valence-electron chi connectivity index (χ0n) is 15.5. The Hall–Kier alpha value is -1.82. The SMILES string of the molecule is C#CCNC(=O)CSc1nc2sc(C)c(CC)c2c(=O)n1C[C@H]1CCCO1. The van der Waals surface area contributed by atoms with Crippen molar-refractivity contribution in [1.29, 1.82) is 0 Å². The molecular formula is C19H23N3O3S2. The van der Waals surface area contributed by atoms with E-state index in [9.17, 15) is 9.59 Å². The first kappa shape index (κ1) is 19.9. The van der Waals surface area contributed by atoms with E-state index in [-0.39, 0.29) is 29.9 Å². The van der Waals surface area contributed by atoms with Crippen molar-refractivity contribution in [2.24, 2.45) is 0 Å². The predicted molar refractivity (Wildman–Crippen MR) is 110 cm³/mol. The Morgan fingerprint density at radius 3 is 3.04 bits per heavy atom. The molecule has 1 saturated heterocycles. The van der Waals surface area contributed by atoms with E-state index in [4.69, 9.17) is 16.1 Å². The van der Waals surface area contributed by atoms with Crippen LogP contribution in [-0.4, -0.2) is 40.5 Å². The average Bonchev–Trinajstić information content (AvgIpc) is 3.27. The molecule has 0 aliphatic carbocycles. The van der Waals surface area contributed by atoms with Gasteiger partial charge in [-0.05, 0) is 31.7 Å². The highest BCUT2D eigenvalue weighted by atomic mass is 32.2. The largest absolute Gasteiger partial charge is 0.376 e. The van der Waals surface area contributed by atoms with Gasteiger partial charge in [0.25, 0.3) is 5.56 Å². The van der Waals surface area contributed by atoms with Gasteiger partial charge in [0.1, 0.15) is 4.83 Å². The first-order valence-corrected chi connectivity index (χ1v) is 10.8. The van der Waals surface area contributed by atoms with Crippen LogP contribution in [0.1, 0.15) is 30.2 Å². The van der Waals surface area contributed by atoms with Gasteiger partial charge in [0.15, 0.2) is 5.16 Å². The highest BCUT2D eigenvalue weighted by molar-refractivity contribution is 7.99. The lowest BCUT2D eigenvalue weighted by Gasteiger charge is -2.16. The molecule has 0 saturated carbocycles. The maximum Gasteiger partial charge on any atom is 0.263 e. The quantitative estimate of drug-likeness (QED) is 0.435. The molecular weight excluding hydrogens is 382 g/mol. The van der Waals surface area contributed by atoms with Crippen LogP contribution in [0.2, 0.25) is 0 Å². The van der Waals surface area contributed by atoms with E-state index in [2.05, 4.69) is 18.2 Å². The number of fused-ring (bicyclic) bond motifs is 1. The smallest absolute Gasteiger partial charge is 0.263 e. The number of aryl methyl sites for hydroxylation is 2. The van der Waals surface area contributed by atoms with E-state index < -0.39 is 0 Å². The van der Waals surface area contributed by atoms with Crippen molar-refractivity contribution < 1.29 is 9.53 Å². The highest BCUT2D eigenvalue weighted by Gasteiger charge is 2.23. The number of rotatable bonds is 7. The summed E-state index contributed by atoms with van der Waals surface area (Å²) in [5.74, 6) is 2.37. The Morgan fingerprint density at radius 1 is 1.56 bits per heavy atom. The fourth-order valence-corrected chi connectivity index (χ4v) is 5.24. The van der Waals surface area contributed by atoms with Gasteiger partial charge in [-0.2, -0.15) is 0 Å². The van der Waals surface area contributed by atoms with Gasteiger partial charge in [-0.3, -0.25) is 14.2 Å². The Balaban J connectivity index is 1.97. The third-order valence-electron chi connectivity index (χ3n) is 4.56. The third kappa shape index (κ3) is 4.37. The number of ether oxygens (including phenoxy) is 1. The van der Waals surface area contributed by atoms with Crippen LogP contribution in [0.25, 0.3) is 10.2 Å². The zero-order valence-corrected chi connectivity index (χ0v) is 17.2. The van der Waals surface area contributed by atoms with Gasteiger partial charge < -0.3 is 10.1 Å². The molecule has 144 valence electrons. The number of amides is 1. The van der Waals surface area contributed by atoms with Crippen molar-refractivity contribution in [3.05, 3.63) is 20.8 Å². The maximum absolute atomic E-state index is 13.3. The lowest BCUT2D eigenvalue weighted by atomic mass is 10.1. The Kier molecular flexibility index (Phi) is 6.58. The first-order chi connectivity index (χ1) is 13.0. The Labute approximate surface area is 166 Å². The fraction of sp³-hybridized carbons (Fsp3) is 0.526. The number of carbonyl (C=O) groups excluding carboxylic acids is 1. The number of nitrogens with one attached hydrogen (secondary N) is 1. The van der Waals surface area contributed by atoms with E-state index >= 15 is 0 Å². The molecule has 1 aliphatic heterocycles. The summed E-state index contributed by atoms with van der Waals surface area (Å²) < 4.78 is 7.41. The second-order valence-corrected chi connectivity index (χ2v) is 8.53. The van der Waals surface area contributed by atoms with E-state index in [1.165, 1.54) is 23.1 Å². The van der Waals surface area contributed by atoms with Gasteiger partial charge in [0.2, 0.25) is 5.91 Å². The van der Waals surface area contributed by atoms with Crippen molar-refractivity contribution >= 4 is 39.2 Å². The Morgan fingerprint density at radius 2 is 2.37 bits per heavy atom. The number of thioether (sulfide) groups is 1. The maximum atomic E-state index is 13.3. The zero-order chi connectivity index (χ0) is 19.4. The van der Waals surface area contributed by atoms with E-state index in [1.807, 2.05) is 6.92 Å². The summed E-state index contributed by atoms with van der Waals surface area (Å²) in [6, 6.07) is 0. The lowest BCUT2D eigenvalue weighted by molar-refractivity contribution is -0.118. The number of aromatic nitrogens is 2. The van der Waals surface area contributed by atoms with Crippen molar-refractivity contribution in [3.63, 3.8) is 0 Å². The second kappa shape index (κ2) is 8.91. The molecule has 6 nitrogen and oxygen atoms in total. The summed E-state index contributed by atoms with van der Waals surface area (Å²) >= 11 is 2.80. The minimum atomic E-state index is -0.174. The predicted octanol–water partition coefficient (Wildman–Crippen LogP) is 2.35. The topological polar surface area (TPSA) is 73.2 Å². The van der Waals surface area contributed by atoms with E-state index in [1.54, 1.807) is 4.57 Å². The number of hydrogen-bond donors (Lipinski definition) is 1. The number of terminal acetylenes is 1. The molecule has 0 radical (unpaired) electrons. The fourth-order valence-electron chi connectivity index (χ4n) is 3.25. The molecule has 0 spiro atoms. The van der Waals surface area contributed by atoms with Crippen LogP contribution in [0, 0.1) is 19.3 Å². The van der Waals surface area contributed by atoms with Crippen molar-refractivity contribution in [3.8, 4) is 12.3 Å². The molecule has 2 aromatic rings. The van der Waals surface area contributed by atoms with Crippen LogP contribution in [0.5, 0.6) is 0 Å². The van der Waals surface area contributed by atoms with Crippen molar-refractivity contribution in [2.45, 2.75) is 50.9 Å². The molecule has 2 aromatic heterocycles. The summed E-state index contributed by atoms with van der Waals surface area (Å²) in [4.78, 5) is 31.8. The highest BCUT2D eigenvalue weighted by Crippen LogP contribution is 2.30. The number of thiophene rings is 1. The van der Waals surface area contributed by atoms with Crippen LogP contribution >= 0.6 is 23.1 Å². The monoisotopic (exact) mass is 405 g/mol. The van der Waals surface area contributed by atoms with Crippen LogP contribution in [0.3, 0.4) is 0 Å². The van der Waals surface area contributed by atoms with Gasteiger partial charge in [-0.25, -0.2) is 4.98 Å². The number of hydrogen-bond acceptors (Lipinski definition) is 6. The molecule has 3 heterocycles. The molecule has 1 fully saturated rings. The van der Waals surface area contributed by atoms with Gasteiger partial charge in [-0.15, -0.1) is 17.8 Å². The molecule has 0 aromatic carbocycles.